The van der Waals surface area contributed by atoms with Crippen LogP contribution in [0, 0.1) is 11.8 Å². The summed E-state index contributed by atoms with van der Waals surface area (Å²) in [6.45, 7) is 11.0. The molecule has 14 heavy (non-hydrogen) atoms. The quantitative estimate of drug-likeness (QED) is 0.569. The highest BCUT2D eigenvalue weighted by atomic mass is 16.5. The van der Waals surface area contributed by atoms with Crippen molar-refractivity contribution >= 4 is 0 Å². The third-order valence-corrected chi connectivity index (χ3v) is 3.54. The zero-order chi connectivity index (χ0) is 10.5. The summed E-state index contributed by atoms with van der Waals surface area (Å²) in [4.78, 5) is 0. The molecule has 0 aromatic heterocycles. The van der Waals surface area contributed by atoms with Gasteiger partial charge >= 0.3 is 0 Å². The summed E-state index contributed by atoms with van der Waals surface area (Å²) in [6, 6.07) is 0. The highest BCUT2D eigenvalue weighted by molar-refractivity contribution is 5.37. The normalized spacial score (nSPS) is 35.1. The number of ether oxygens (including phenoxy) is 1. The molecule has 2 rings (SSSR count). The second-order valence-electron chi connectivity index (χ2n) is 5.37. The Balaban J connectivity index is 2.40. The van der Waals surface area contributed by atoms with Crippen molar-refractivity contribution in [1.82, 2.24) is 0 Å². The Morgan fingerprint density at radius 3 is 2.64 bits per heavy atom. The van der Waals surface area contributed by atoms with E-state index in [1.54, 1.807) is 0 Å². The van der Waals surface area contributed by atoms with Gasteiger partial charge in [-0.2, -0.15) is 0 Å². The van der Waals surface area contributed by atoms with E-state index in [0.29, 0.717) is 11.8 Å². The second-order valence-corrected chi connectivity index (χ2v) is 5.37. The molecule has 0 spiro atoms. The van der Waals surface area contributed by atoms with Gasteiger partial charge < -0.3 is 4.74 Å². The van der Waals surface area contributed by atoms with Gasteiger partial charge in [0, 0.05) is 5.92 Å². The van der Waals surface area contributed by atoms with Crippen LogP contribution in [-0.2, 0) is 4.74 Å². The standard InChI is InChI=1S/C13H20O/c1-8-6-9(2)11-7-13(4,5)14-12(11)10(8)3/h6,9,11H,7H2,1-5H3. The van der Waals surface area contributed by atoms with Gasteiger partial charge in [0.25, 0.3) is 0 Å². The fourth-order valence-corrected chi connectivity index (χ4v) is 2.65. The fourth-order valence-electron chi connectivity index (χ4n) is 2.65. The highest BCUT2D eigenvalue weighted by Gasteiger charge is 2.41. The van der Waals surface area contributed by atoms with Crippen molar-refractivity contribution < 1.29 is 4.74 Å². The predicted octanol–water partition coefficient (Wildman–Crippen LogP) is 3.67. The number of rotatable bonds is 0. The van der Waals surface area contributed by atoms with E-state index in [1.165, 1.54) is 16.9 Å². The van der Waals surface area contributed by atoms with E-state index in [0.717, 1.165) is 6.42 Å². The molecule has 1 aliphatic heterocycles. The molecule has 2 aliphatic rings. The molecule has 0 aromatic carbocycles. The first-order chi connectivity index (χ1) is 6.41. The maximum atomic E-state index is 6.04. The number of allylic oxidation sites excluding steroid dienone is 4. The average Bonchev–Trinajstić information content (AvgIpc) is 2.38. The minimum Gasteiger partial charge on any atom is -0.492 e. The van der Waals surface area contributed by atoms with Crippen molar-refractivity contribution in [2.24, 2.45) is 11.8 Å². The van der Waals surface area contributed by atoms with Crippen LogP contribution in [0.1, 0.15) is 41.0 Å². The Hall–Kier alpha value is -0.720. The Bertz CT molecular complexity index is 320. The molecule has 0 aromatic rings. The molecule has 1 heterocycles. The van der Waals surface area contributed by atoms with E-state index in [4.69, 9.17) is 4.74 Å². The van der Waals surface area contributed by atoms with Gasteiger partial charge in [-0.05, 0) is 51.2 Å². The topological polar surface area (TPSA) is 9.23 Å². The van der Waals surface area contributed by atoms with Crippen LogP contribution >= 0.6 is 0 Å². The van der Waals surface area contributed by atoms with Gasteiger partial charge in [0.1, 0.15) is 11.4 Å². The molecular weight excluding hydrogens is 172 g/mol. The summed E-state index contributed by atoms with van der Waals surface area (Å²) < 4.78 is 6.04. The van der Waals surface area contributed by atoms with Crippen molar-refractivity contribution in [3.05, 3.63) is 23.0 Å². The van der Waals surface area contributed by atoms with Crippen LogP contribution in [0.2, 0.25) is 0 Å². The van der Waals surface area contributed by atoms with Crippen LogP contribution in [0.3, 0.4) is 0 Å². The second kappa shape index (κ2) is 2.88. The summed E-state index contributed by atoms with van der Waals surface area (Å²) in [5.74, 6) is 2.51. The van der Waals surface area contributed by atoms with E-state index in [9.17, 15) is 0 Å². The largest absolute Gasteiger partial charge is 0.492 e. The first-order valence-electron chi connectivity index (χ1n) is 5.49. The maximum Gasteiger partial charge on any atom is 0.104 e. The van der Waals surface area contributed by atoms with Crippen molar-refractivity contribution in [1.29, 1.82) is 0 Å². The molecule has 0 saturated carbocycles. The summed E-state index contributed by atoms with van der Waals surface area (Å²) in [5, 5.41) is 0. The first kappa shape index (κ1) is 9.82. The van der Waals surface area contributed by atoms with Crippen molar-refractivity contribution in [2.45, 2.75) is 46.6 Å². The third kappa shape index (κ3) is 1.39. The maximum absolute atomic E-state index is 6.04. The van der Waals surface area contributed by atoms with Gasteiger partial charge in [-0.25, -0.2) is 0 Å². The number of hydrogen-bond donors (Lipinski definition) is 0. The van der Waals surface area contributed by atoms with Crippen molar-refractivity contribution in [3.63, 3.8) is 0 Å². The van der Waals surface area contributed by atoms with Crippen LogP contribution in [0.5, 0.6) is 0 Å². The molecule has 0 N–H and O–H groups in total. The van der Waals surface area contributed by atoms with Crippen LogP contribution in [0.25, 0.3) is 0 Å². The SMILES string of the molecule is CC1=CC(C)C2CC(C)(C)OC2=C1C. The van der Waals surface area contributed by atoms with Gasteiger partial charge in [0.15, 0.2) is 0 Å². The zero-order valence-corrected chi connectivity index (χ0v) is 9.85. The molecule has 78 valence electrons. The van der Waals surface area contributed by atoms with Gasteiger partial charge in [-0.3, -0.25) is 0 Å². The minimum absolute atomic E-state index is 0.0357. The molecule has 0 amide bonds. The van der Waals surface area contributed by atoms with Crippen LogP contribution in [-0.4, -0.2) is 5.60 Å². The lowest BCUT2D eigenvalue weighted by Crippen LogP contribution is -2.17. The molecule has 0 bridgehead atoms. The summed E-state index contributed by atoms with van der Waals surface area (Å²) in [7, 11) is 0. The summed E-state index contributed by atoms with van der Waals surface area (Å²) in [6.07, 6.45) is 3.54. The molecule has 2 unspecified atom stereocenters. The monoisotopic (exact) mass is 192 g/mol. The van der Waals surface area contributed by atoms with E-state index in [-0.39, 0.29) is 5.60 Å². The lowest BCUT2D eigenvalue weighted by Gasteiger charge is -2.24. The molecule has 1 aliphatic carbocycles. The Morgan fingerprint density at radius 1 is 1.36 bits per heavy atom. The molecule has 2 atom stereocenters. The third-order valence-electron chi connectivity index (χ3n) is 3.54. The Labute approximate surface area is 86.8 Å². The molecule has 1 fully saturated rings. The van der Waals surface area contributed by atoms with Crippen molar-refractivity contribution in [2.75, 3.05) is 0 Å². The van der Waals surface area contributed by atoms with Gasteiger partial charge in [0.2, 0.25) is 0 Å². The molecule has 1 nitrogen and oxygen atoms in total. The van der Waals surface area contributed by atoms with Gasteiger partial charge in [-0.15, -0.1) is 0 Å². The summed E-state index contributed by atoms with van der Waals surface area (Å²) >= 11 is 0. The summed E-state index contributed by atoms with van der Waals surface area (Å²) in [5.41, 5.74) is 2.79. The van der Waals surface area contributed by atoms with Crippen LogP contribution < -0.4 is 0 Å². The lowest BCUT2D eigenvalue weighted by atomic mass is 9.80. The van der Waals surface area contributed by atoms with Crippen LogP contribution in [0.15, 0.2) is 23.0 Å². The average molecular weight is 192 g/mol. The van der Waals surface area contributed by atoms with Crippen molar-refractivity contribution in [3.8, 4) is 0 Å². The molecular formula is C13H20O. The first-order valence-corrected chi connectivity index (χ1v) is 5.49. The van der Waals surface area contributed by atoms with E-state index < -0.39 is 0 Å². The van der Waals surface area contributed by atoms with Crippen LogP contribution in [0.4, 0.5) is 0 Å². The molecule has 1 saturated heterocycles. The zero-order valence-electron chi connectivity index (χ0n) is 9.85. The Kier molecular flexibility index (Phi) is 2.02. The van der Waals surface area contributed by atoms with Gasteiger partial charge in [-0.1, -0.05) is 13.0 Å². The lowest BCUT2D eigenvalue weighted by molar-refractivity contribution is 0.0751. The number of hydrogen-bond acceptors (Lipinski definition) is 1. The smallest absolute Gasteiger partial charge is 0.104 e. The fraction of sp³-hybridized carbons (Fsp3) is 0.692. The van der Waals surface area contributed by atoms with E-state index >= 15 is 0 Å². The molecule has 1 heteroatoms. The van der Waals surface area contributed by atoms with Gasteiger partial charge in [0.05, 0.1) is 0 Å². The van der Waals surface area contributed by atoms with E-state index in [1.807, 2.05) is 0 Å². The number of fused-ring (bicyclic) bond motifs is 1. The predicted molar refractivity (Wildman–Crippen MR) is 58.9 cm³/mol. The Morgan fingerprint density at radius 2 is 2.00 bits per heavy atom. The van der Waals surface area contributed by atoms with E-state index in [2.05, 4.69) is 40.7 Å². The minimum atomic E-state index is 0.0357. The molecule has 0 radical (unpaired) electrons. The highest BCUT2D eigenvalue weighted by Crippen LogP contribution is 2.46.